The van der Waals surface area contributed by atoms with Crippen LogP contribution in [0.1, 0.15) is 39.0 Å². The number of Topliss-reactive ketones (excluding diaryl/α,β-unsaturated/α-hetero) is 1. The van der Waals surface area contributed by atoms with Crippen molar-refractivity contribution in [2.24, 2.45) is 0 Å². The number of aryl methyl sites for hydroxylation is 2. The first-order valence-electron chi connectivity index (χ1n) is 9.40. The maximum Gasteiger partial charge on any atom is 0.340 e. The van der Waals surface area contributed by atoms with Crippen molar-refractivity contribution < 1.29 is 23.5 Å². The molecule has 1 heterocycles. The Balaban J connectivity index is 2.02. The molecular formula is C23H21FN2O4. The first-order chi connectivity index (χ1) is 14.3. The molecule has 0 aliphatic rings. The van der Waals surface area contributed by atoms with E-state index in [-0.39, 0.29) is 23.6 Å². The van der Waals surface area contributed by atoms with E-state index in [9.17, 15) is 18.8 Å². The number of carbonyl (C=O) groups is 3. The van der Waals surface area contributed by atoms with Gasteiger partial charge in [-0.1, -0.05) is 36.4 Å². The SMILES string of the molecule is CCOC(=O)c1c(C)[nH]c(C(=O)C(=O)Nc2ccc(C)c(F)c2)c1-c1ccccc1. The minimum atomic E-state index is -0.952. The average molecular weight is 408 g/mol. The number of esters is 1. The first-order valence-corrected chi connectivity index (χ1v) is 9.40. The molecule has 0 spiro atoms. The number of ether oxygens (including phenoxy) is 1. The molecule has 0 aliphatic heterocycles. The topological polar surface area (TPSA) is 88.3 Å². The molecule has 154 valence electrons. The average Bonchev–Trinajstić information content (AvgIpc) is 3.08. The standard InChI is InChI=1S/C23H21FN2O4/c1-4-30-23(29)18-14(3)25-20(19(18)15-8-6-5-7-9-15)21(27)22(28)26-16-11-10-13(2)17(24)12-16/h5-12,25H,4H2,1-3H3,(H,26,28). The first kappa shape index (κ1) is 21.0. The zero-order valence-corrected chi connectivity index (χ0v) is 16.8. The summed E-state index contributed by atoms with van der Waals surface area (Å²) in [5, 5.41) is 2.41. The minimum Gasteiger partial charge on any atom is -0.462 e. The number of nitrogens with one attached hydrogen (secondary N) is 2. The molecule has 3 aromatic rings. The Morgan fingerprint density at radius 3 is 2.40 bits per heavy atom. The molecule has 30 heavy (non-hydrogen) atoms. The maximum absolute atomic E-state index is 13.8. The summed E-state index contributed by atoms with van der Waals surface area (Å²) in [7, 11) is 0. The van der Waals surface area contributed by atoms with Crippen LogP contribution in [0.3, 0.4) is 0 Å². The number of aromatic amines is 1. The Hall–Kier alpha value is -3.74. The number of hydrogen-bond acceptors (Lipinski definition) is 4. The van der Waals surface area contributed by atoms with Gasteiger partial charge in [0, 0.05) is 16.9 Å². The molecule has 0 atom stereocenters. The van der Waals surface area contributed by atoms with Gasteiger partial charge in [-0.2, -0.15) is 0 Å². The predicted octanol–water partition coefficient (Wildman–Crippen LogP) is 4.44. The Kier molecular flexibility index (Phi) is 6.11. The Labute approximate surface area is 173 Å². The van der Waals surface area contributed by atoms with Gasteiger partial charge in [-0.25, -0.2) is 9.18 Å². The van der Waals surface area contributed by atoms with Gasteiger partial charge in [0.25, 0.3) is 11.7 Å². The molecule has 1 aromatic heterocycles. The highest BCUT2D eigenvalue weighted by Crippen LogP contribution is 2.31. The predicted molar refractivity (Wildman–Crippen MR) is 111 cm³/mol. The zero-order valence-electron chi connectivity index (χ0n) is 16.8. The molecule has 0 unspecified atom stereocenters. The van der Waals surface area contributed by atoms with E-state index in [1.54, 1.807) is 51.1 Å². The third kappa shape index (κ3) is 4.15. The quantitative estimate of drug-likeness (QED) is 0.359. The largest absolute Gasteiger partial charge is 0.462 e. The second kappa shape index (κ2) is 8.73. The molecule has 3 rings (SSSR count). The van der Waals surface area contributed by atoms with Gasteiger partial charge in [0.05, 0.1) is 12.2 Å². The smallest absolute Gasteiger partial charge is 0.340 e. The number of ketones is 1. The van der Waals surface area contributed by atoms with Crippen molar-refractivity contribution in [3.05, 3.63) is 76.9 Å². The number of benzene rings is 2. The molecule has 0 fully saturated rings. The van der Waals surface area contributed by atoms with E-state index in [4.69, 9.17) is 4.74 Å². The van der Waals surface area contributed by atoms with Gasteiger partial charge < -0.3 is 15.0 Å². The molecule has 2 N–H and O–H groups in total. The molecule has 1 amide bonds. The van der Waals surface area contributed by atoms with Gasteiger partial charge in [0.15, 0.2) is 0 Å². The summed E-state index contributed by atoms with van der Waals surface area (Å²) < 4.78 is 18.9. The summed E-state index contributed by atoms with van der Waals surface area (Å²) >= 11 is 0. The lowest BCUT2D eigenvalue weighted by Gasteiger charge is -2.09. The van der Waals surface area contributed by atoms with Gasteiger partial charge in [0.2, 0.25) is 0 Å². The Bertz CT molecular complexity index is 1120. The number of anilines is 1. The summed E-state index contributed by atoms with van der Waals surface area (Å²) in [4.78, 5) is 40.9. The maximum atomic E-state index is 13.8. The number of aromatic nitrogens is 1. The van der Waals surface area contributed by atoms with Crippen molar-refractivity contribution in [2.45, 2.75) is 20.8 Å². The molecule has 0 saturated carbocycles. The highest BCUT2D eigenvalue weighted by molar-refractivity contribution is 6.47. The van der Waals surface area contributed by atoms with Crippen molar-refractivity contribution in [3.8, 4) is 11.1 Å². The number of carbonyl (C=O) groups excluding carboxylic acids is 3. The van der Waals surface area contributed by atoms with Gasteiger partial charge in [-0.15, -0.1) is 0 Å². The van der Waals surface area contributed by atoms with E-state index < -0.39 is 23.5 Å². The lowest BCUT2D eigenvalue weighted by molar-refractivity contribution is -0.112. The van der Waals surface area contributed by atoms with Crippen LogP contribution in [-0.4, -0.2) is 29.3 Å². The Morgan fingerprint density at radius 1 is 1.07 bits per heavy atom. The number of amides is 1. The fourth-order valence-electron chi connectivity index (χ4n) is 3.12. The summed E-state index contributed by atoms with van der Waals surface area (Å²) in [5.41, 5.74) is 2.03. The highest BCUT2D eigenvalue weighted by atomic mass is 19.1. The van der Waals surface area contributed by atoms with Gasteiger partial charge in [-0.05, 0) is 44.0 Å². The number of H-pyrrole nitrogens is 1. The van der Waals surface area contributed by atoms with E-state index in [1.807, 2.05) is 0 Å². The van der Waals surface area contributed by atoms with Crippen LogP contribution in [0.25, 0.3) is 11.1 Å². The van der Waals surface area contributed by atoms with E-state index in [0.29, 0.717) is 22.4 Å². The van der Waals surface area contributed by atoms with E-state index in [1.165, 1.54) is 12.1 Å². The monoisotopic (exact) mass is 408 g/mol. The fourth-order valence-corrected chi connectivity index (χ4v) is 3.12. The molecule has 7 heteroatoms. The van der Waals surface area contributed by atoms with Crippen LogP contribution in [0.2, 0.25) is 0 Å². The Morgan fingerprint density at radius 2 is 1.77 bits per heavy atom. The zero-order chi connectivity index (χ0) is 21.8. The second-order valence-electron chi connectivity index (χ2n) is 6.71. The number of hydrogen-bond donors (Lipinski definition) is 2. The van der Waals surface area contributed by atoms with Crippen molar-refractivity contribution in [1.29, 1.82) is 0 Å². The van der Waals surface area contributed by atoms with Crippen LogP contribution in [0.15, 0.2) is 48.5 Å². The highest BCUT2D eigenvalue weighted by Gasteiger charge is 2.29. The van der Waals surface area contributed by atoms with Crippen molar-refractivity contribution in [3.63, 3.8) is 0 Å². The van der Waals surface area contributed by atoms with E-state index in [0.717, 1.165) is 6.07 Å². The fraction of sp³-hybridized carbons (Fsp3) is 0.174. The van der Waals surface area contributed by atoms with Crippen molar-refractivity contribution in [1.82, 2.24) is 4.98 Å². The van der Waals surface area contributed by atoms with Crippen molar-refractivity contribution >= 4 is 23.3 Å². The third-order valence-corrected chi connectivity index (χ3v) is 4.59. The molecule has 0 saturated heterocycles. The minimum absolute atomic E-state index is 0.0353. The van der Waals surface area contributed by atoms with E-state index >= 15 is 0 Å². The molecule has 6 nitrogen and oxygen atoms in total. The second-order valence-corrected chi connectivity index (χ2v) is 6.71. The van der Waals surface area contributed by atoms with E-state index in [2.05, 4.69) is 10.3 Å². The normalized spacial score (nSPS) is 10.5. The number of halogens is 1. The molecule has 0 bridgehead atoms. The summed E-state index contributed by atoms with van der Waals surface area (Å²) in [6, 6.07) is 12.9. The van der Waals surface area contributed by atoms with Crippen LogP contribution in [0.4, 0.5) is 10.1 Å². The molecule has 2 aromatic carbocycles. The van der Waals surface area contributed by atoms with Crippen LogP contribution < -0.4 is 5.32 Å². The lowest BCUT2D eigenvalue weighted by atomic mass is 9.98. The van der Waals surface area contributed by atoms with Crippen LogP contribution in [0, 0.1) is 19.7 Å². The van der Waals surface area contributed by atoms with Crippen LogP contribution >= 0.6 is 0 Å². The van der Waals surface area contributed by atoms with Crippen LogP contribution in [0.5, 0.6) is 0 Å². The lowest BCUT2D eigenvalue weighted by Crippen LogP contribution is -2.24. The third-order valence-electron chi connectivity index (χ3n) is 4.59. The van der Waals surface area contributed by atoms with Gasteiger partial charge in [0.1, 0.15) is 11.5 Å². The summed E-state index contributed by atoms with van der Waals surface area (Å²) in [5.74, 6) is -2.92. The molecule has 0 aliphatic carbocycles. The van der Waals surface area contributed by atoms with Gasteiger partial charge >= 0.3 is 5.97 Å². The summed E-state index contributed by atoms with van der Waals surface area (Å²) in [6.07, 6.45) is 0. The number of rotatable bonds is 6. The summed E-state index contributed by atoms with van der Waals surface area (Å²) in [6.45, 7) is 5.07. The van der Waals surface area contributed by atoms with Gasteiger partial charge in [-0.3, -0.25) is 9.59 Å². The molecule has 0 radical (unpaired) electrons. The molecular weight excluding hydrogens is 387 g/mol. The van der Waals surface area contributed by atoms with Crippen molar-refractivity contribution in [2.75, 3.05) is 11.9 Å². The van der Waals surface area contributed by atoms with Crippen LogP contribution in [-0.2, 0) is 9.53 Å².